The lowest BCUT2D eigenvalue weighted by Crippen LogP contribution is -2.13. The molecule has 1 heterocycles. The monoisotopic (exact) mass is 233 g/mol. The van der Waals surface area contributed by atoms with Gasteiger partial charge in [0, 0.05) is 0 Å². The van der Waals surface area contributed by atoms with Crippen molar-refractivity contribution in [2.45, 2.75) is 19.9 Å². The topological polar surface area (TPSA) is 46.2 Å². The van der Waals surface area contributed by atoms with Crippen molar-refractivity contribution >= 4 is 11.3 Å². The Balaban J connectivity index is 2.48. The third kappa shape index (κ3) is 1.96. The van der Waals surface area contributed by atoms with E-state index in [1.807, 2.05) is 25.3 Å². The zero-order valence-corrected chi connectivity index (χ0v) is 10.2. The Bertz CT molecular complexity index is 468. The summed E-state index contributed by atoms with van der Waals surface area (Å²) in [5.41, 5.74) is 10.5. The molecular weight excluding hydrogens is 218 g/mol. The summed E-state index contributed by atoms with van der Waals surface area (Å²) in [6.07, 6.45) is 0. The molecule has 0 aliphatic carbocycles. The molecule has 3 N–H and O–H groups in total. The maximum Gasteiger partial charge on any atom is 0.116 e. The minimum absolute atomic E-state index is 0.105. The summed E-state index contributed by atoms with van der Waals surface area (Å²) in [5, 5.41) is 13.6. The number of nitrogens with two attached hydrogens (primary N) is 1. The fourth-order valence-corrected chi connectivity index (χ4v) is 2.76. The highest BCUT2D eigenvalue weighted by Crippen LogP contribution is 2.29. The molecule has 0 aliphatic rings. The van der Waals surface area contributed by atoms with Gasteiger partial charge in [0.2, 0.25) is 0 Å². The van der Waals surface area contributed by atoms with Gasteiger partial charge in [0.25, 0.3) is 0 Å². The van der Waals surface area contributed by atoms with Crippen molar-refractivity contribution < 1.29 is 5.11 Å². The maximum atomic E-state index is 9.49. The Kier molecular flexibility index (Phi) is 2.99. The lowest BCUT2D eigenvalue weighted by Gasteiger charge is -2.17. The first-order valence-electron chi connectivity index (χ1n) is 5.17. The molecule has 16 heavy (non-hydrogen) atoms. The normalized spacial score (nSPS) is 12.7. The molecule has 0 amide bonds. The molecule has 0 unspecified atom stereocenters. The molecule has 0 fully saturated rings. The van der Waals surface area contributed by atoms with Gasteiger partial charge in [-0.2, -0.15) is 11.3 Å². The van der Waals surface area contributed by atoms with Gasteiger partial charge < -0.3 is 10.8 Å². The third-order valence-electron chi connectivity index (χ3n) is 2.79. The highest BCUT2D eigenvalue weighted by molar-refractivity contribution is 7.08. The van der Waals surface area contributed by atoms with E-state index >= 15 is 0 Å². The molecule has 1 aromatic carbocycles. The molecule has 84 valence electrons. The number of hydrogen-bond donors (Lipinski definition) is 2. The SMILES string of the molecule is Cc1cc(O)cc(C)c1[C@H](N)c1ccsc1. The molecule has 2 rings (SSSR count). The number of hydrogen-bond acceptors (Lipinski definition) is 3. The summed E-state index contributed by atoms with van der Waals surface area (Å²) in [6, 6.07) is 5.45. The van der Waals surface area contributed by atoms with Crippen LogP contribution in [0.4, 0.5) is 0 Å². The van der Waals surface area contributed by atoms with Crippen LogP contribution >= 0.6 is 11.3 Å². The Morgan fingerprint density at radius 1 is 1.25 bits per heavy atom. The minimum Gasteiger partial charge on any atom is -0.508 e. The van der Waals surface area contributed by atoms with Crippen LogP contribution in [0.5, 0.6) is 5.75 Å². The molecule has 0 saturated heterocycles. The average Bonchev–Trinajstić information content (AvgIpc) is 2.67. The van der Waals surface area contributed by atoms with Crippen LogP contribution in [0.15, 0.2) is 29.0 Å². The molecule has 0 aliphatic heterocycles. The van der Waals surface area contributed by atoms with Gasteiger partial charge in [0.15, 0.2) is 0 Å². The number of aromatic hydroxyl groups is 1. The van der Waals surface area contributed by atoms with Crippen molar-refractivity contribution in [1.29, 1.82) is 0 Å². The summed E-state index contributed by atoms with van der Waals surface area (Å²) in [7, 11) is 0. The predicted octanol–water partition coefficient (Wildman–Crippen LogP) is 3.12. The molecule has 0 spiro atoms. The lowest BCUT2D eigenvalue weighted by molar-refractivity contribution is 0.474. The van der Waals surface area contributed by atoms with Gasteiger partial charge >= 0.3 is 0 Å². The van der Waals surface area contributed by atoms with Crippen LogP contribution in [0.1, 0.15) is 28.3 Å². The van der Waals surface area contributed by atoms with Crippen LogP contribution in [0.2, 0.25) is 0 Å². The molecule has 2 aromatic rings. The van der Waals surface area contributed by atoms with E-state index in [0.717, 1.165) is 22.3 Å². The first-order chi connectivity index (χ1) is 7.59. The fourth-order valence-electron chi connectivity index (χ4n) is 2.06. The van der Waals surface area contributed by atoms with Crippen LogP contribution in [0, 0.1) is 13.8 Å². The van der Waals surface area contributed by atoms with E-state index in [4.69, 9.17) is 5.73 Å². The van der Waals surface area contributed by atoms with Crippen LogP contribution in [0.25, 0.3) is 0 Å². The van der Waals surface area contributed by atoms with Crippen molar-refractivity contribution in [1.82, 2.24) is 0 Å². The van der Waals surface area contributed by atoms with Crippen LogP contribution in [-0.2, 0) is 0 Å². The summed E-state index contributed by atoms with van der Waals surface area (Å²) in [4.78, 5) is 0. The highest BCUT2D eigenvalue weighted by Gasteiger charge is 2.15. The Hall–Kier alpha value is -1.32. The van der Waals surface area contributed by atoms with Gasteiger partial charge in [-0.1, -0.05) is 0 Å². The first-order valence-corrected chi connectivity index (χ1v) is 6.11. The van der Waals surface area contributed by atoms with Crippen LogP contribution < -0.4 is 5.73 Å². The molecule has 0 radical (unpaired) electrons. The average molecular weight is 233 g/mol. The van der Waals surface area contributed by atoms with Crippen molar-refractivity contribution in [3.8, 4) is 5.75 Å². The minimum atomic E-state index is -0.105. The number of benzene rings is 1. The summed E-state index contributed by atoms with van der Waals surface area (Å²) >= 11 is 1.65. The number of phenols is 1. The summed E-state index contributed by atoms with van der Waals surface area (Å²) in [6.45, 7) is 3.96. The van der Waals surface area contributed by atoms with E-state index in [-0.39, 0.29) is 6.04 Å². The molecular formula is C13H15NOS. The number of phenolic OH excluding ortho intramolecular Hbond substituents is 1. The third-order valence-corrected chi connectivity index (χ3v) is 3.49. The lowest BCUT2D eigenvalue weighted by atomic mass is 9.93. The molecule has 1 aromatic heterocycles. The summed E-state index contributed by atoms with van der Waals surface area (Å²) < 4.78 is 0. The van der Waals surface area contributed by atoms with E-state index in [2.05, 4.69) is 5.38 Å². The first kappa shape index (κ1) is 11.2. The van der Waals surface area contributed by atoms with Crippen molar-refractivity contribution in [2.75, 3.05) is 0 Å². The van der Waals surface area contributed by atoms with E-state index in [1.54, 1.807) is 23.5 Å². The molecule has 3 heteroatoms. The van der Waals surface area contributed by atoms with Gasteiger partial charge in [-0.25, -0.2) is 0 Å². The Labute approximate surface area is 99.4 Å². The van der Waals surface area contributed by atoms with E-state index in [9.17, 15) is 5.11 Å². The predicted molar refractivity (Wildman–Crippen MR) is 67.9 cm³/mol. The van der Waals surface area contributed by atoms with E-state index < -0.39 is 0 Å². The van der Waals surface area contributed by atoms with Crippen molar-refractivity contribution in [3.05, 3.63) is 51.2 Å². The number of aryl methyl sites for hydroxylation is 2. The van der Waals surface area contributed by atoms with Crippen molar-refractivity contribution in [2.24, 2.45) is 5.73 Å². The molecule has 0 saturated carbocycles. The maximum absolute atomic E-state index is 9.49. The standard InChI is InChI=1S/C13H15NOS/c1-8-5-11(15)6-9(2)12(8)13(14)10-3-4-16-7-10/h3-7,13,15H,14H2,1-2H3/t13-/m1/s1. The second kappa shape index (κ2) is 4.28. The van der Waals surface area contributed by atoms with Crippen molar-refractivity contribution in [3.63, 3.8) is 0 Å². The summed E-state index contributed by atoms with van der Waals surface area (Å²) in [5.74, 6) is 0.302. The van der Waals surface area contributed by atoms with E-state index in [0.29, 0.717) is 5.75 Å². The van der Waals surface area contributed by atoms with Crippen LogP contribution in [0.3, 0.4) is 0 Å². The number of rotatable bonds is 2. The second-order valence-corrected chi connectivity index (χ2v) is 4.81. The van der Waals surface area contributed by atoms with E-state index in [1.165, 1.54) is 0 Å². The Morgan fingerprint density at radius 3 is 2.38 bits per heavy atom. The largest absolute Gasteiger partial charge is 0.508 e. The molecule has 1 atom stereocenters. The second-order valence-electron chi connectivity index (χ2n) is 4.03. The highest BCUT2D eigenvalue weighted by atomic mass is 32.1. The zero-order chi connectivity index (χ0) is 11.7. The van der Waals surface area contributed by atoms with Gasteiger partial charge in [-0.15, -0.1) is 0 Å². The molecule has 2 nitrogen and oxygen atoms in total. The van der Waals surface area contributed by atoms with Gasteiger partial charge in [0.1, 0.15) is 5.75 Å². The Morgan fingerprint density at radius 2 is 1.88 bits per heavy atom. The zero-order valence-electron chi connectivity index (χ0n) is 9.40. The van der Waals surface area contributed by atoms with Gasteiger partial charge in [-0.05, 0) is 65.1 Å². The van der Waals surface area contributed by atoms with Crippen LogP contribution in [-0.4, -0.2) is 5.11 Å². The van der Waals surface area contributed by atoms with Gasteiger partial charge in [0.05, 0.1) is 6.04 Å². The molecule has 0 bridgehead atoms. The number of thiophene rings is 1. The smallest absolute Gasteiger partial charge is 0.116 e. The fraction of sp³-hybridized carbons (Fsp3) is 0.231. The van der Waals surface area contributed by atoms with Gasteiger partial charge in [-0.3, -0.25) is 0 Å². The quantitative estimate of drug-likeness (QED) is 0.837.